The minimum Gasteiger partial charge on any atom is -0.394 e. The largest absolute Gasteiger partial charge is 0.394 e. The summed E-state index contributed by atoms with van der Waals surface area (Å²) in [6, 6.07) is -0.431. The van der Waals surface area contributed by atoms with E-state index in [0.29, 0.717) is 10.8 Å². The first-order valence-electron chi connectivity index (χ1n) is 5.85. The van der Waals surface area contributed by atoms with Crippen LogP contribution in [0.4, 0.5) is 0 Å². The molecular weight excluding hydrogens is 302 g/mol. The molecule has 20 heavy (non-hydrogen) atoms. The van der Waals surface area contributed by atoms with Crippen molar-refractivity contribution in [3.63, 3.8) is 0 Å². The molecule has 1 atom stereocenters. The van der Waals surface area contributed by atoms with Crippen LogP contribution in [0.15, 0.2) is 17.7 Å². The van der Waals surface area contributed by atoms with Crippen molar-refractivity contribution >= 4 is 39.9 Å². The third-order valence-electron chi connectivity index (χ3n) is 2.58. The van der Waals surface area contributed by atoms with Crippen molar-refractivity contribution in [1.82, 2.24) is 14.7 Å². The number of hydrogen-bond acceptors (Lipinski definition) is 5. The van der Waals surface area contributed by atoms with Crippen LogP contribution in [-0.2, 0) is 9.53 Å². The minimum atomic E-state index is -0.431. The molecule has 2 aromatic heterocycles. The Hall–Kier alpha value is -1.41. The molecule has 2 heterocycles. The van der Waals surface area contributed by atoms with Gasteiger partial charge in [0.25, 0.3) is 0 Å². The average molecular weight is 316 g/mol. The lowest BCUT2D eigenvalue weighted by Gasteiger charge is -2.13. The van der Waals surface area contributed by atoms with E-state index in [1.807, 2.05) is 11.6 Å². The third kappa shape index (κ3) is 3.37. The molecule has 6 nitrogen and oxygen atoms in total. The Bertz CT molecular complexity index is 623. The van der Waals surface area contributed by atoms with Gasteiger partial charge in [-0.25, -0.2) is 4.98 Å². The highest BCUT2D eigenvalue weighted by molar-refractivity contribution is 7.15. The van der Waals surface area contributed by atoms with Crippen molar-refractivity contribution in [1.29, 1.82) is 0 Å². The van der Waals surface area contributed by atoms with Crippen LogP contribution < -0.4 is 5.32 Å². The van der Waals surface area contributed by atoms with E-state index in [-0.39, 0.29) is 19.1 Å². The Balaban J connectivity index is 2.07. The molecule has 0 saturated heterocycles. The number of nitrogens with one attached hydrogen (secondary N) is 1. The van der Waals surface area contributed by atoms with Crippen LogP contribution in [0.1, 0.15) is 5.69 Å². The van der Waals surface area contributed by atoms with Gasteiger partial charge in [-0.15, -0.1) is 11.3 Å². The number of aliphatic hydroxyl groups excluding tert-OH is 1. The highest BCUT2D eigenvalue weighted by atomic mass is 35.5. The summed E-state index contributed by atoms with van der Waals surface area (Å²) in [5.74, 6) is -0.331. The molecule has 0 saturated carbocycles. The lowest BCUT2D eigenvalue weighted by atomic mass is 10.3. The summed E-state index contributed by atoms with van der Waals surface area (Å²) in [5, 5.41) is 13.9. The Kier molecular flexibility index (Phi) is 5.13. The van der Waals surface area contributed by atoms with Crippen molar-refractivity contribution in [3.05, 3.63) is 28.5 Å². The molecule has 0 fully saturated rings. The summed E-state index contributed by atoms with van der Waals surface area (Å²) in [7, 11) is 1.50. The molecule has 0 radical (unpaired) electrons. The van der Waals surface area contributed by atoms with Gasteiger partial charge < -0.3 is 15.2 Å². The monoisotopic (exact) mass is 315 g/mol. The SMILES string of the molecule is COCC(CO)NC(=O)/C=C/c1c(Cl)nc2sccn12. The summed E-state index contributed by atoms with van der Waals surface area (Å²) in [5.41, 5.74) is 0.644. The molecule has 1 amide bonds. The number of nitrogens with zero attached hydrogens (tertiary/aromatic N) is 2. The zero-order chi connectivity index (χ0) is 14.5. The summed E-state index contributed by atoms with van der Waals surface area (Å²) in [6.45, 7) is 0.0634. The smallest absolute Gasteiger partial charge is 0.244 e. The van der Waals surface area contributed by atoms with Crippen LogP contribution in [-0.4, -0.2) is 46.8 Å². The van der Waals surface area contributed by atoms with Crippen LogP contribution in [0.3, 0.4) is 0 Å². The Morgan fingerprint density at radius 2 is 2.55 bits per heavy atom. The Morgan fingerprint density at radius 3 is 3.25 bits per heavy atom. The zero-order valence-electron chi connectivity index (χ0n) is 10.7. The predicted octanol–water partition coefficient (Wildman–Crippen LogP) is 1.19. The van der Waals surface area contributed by atoms with Gasteiger partial charge in [-0.2, -0.15) is 0 Å². The van der Waals surface area contributed by atoms with E-state index in [0.717, 1.165) is 4.96 Å². The number of amides is 1. The molecule has 0 aliphatic carbocycles. The summed E-state index contributed by atoms with van der Waals surface area (Å²) in [6.07, 6.45) is 4.77. The summed E-state index contributed by atoms with van der Waals surface area (Å²) >= 11 is 7.47. The maximum Gasteiger partial charge on any atom is 0.244 e. The average Bonchev–Trinajstić information content (AvgIpc) is 2.96. The molecule has 0 bridgehead atoms. The van der Waals surface area contributed by atoms with Crippen molar-refractivity contribution in [2.75, 3.05) is 20.3 Å². The van der Waals surface area contributed by atoms with Gasteiger partial charge in [-0.05, 0) is 6.08 Å². The fourth-order valence-corrected chi connectivity index (χ4v) is 2.68. The lowest BCUT2D eigenvalue weighted by Crippen LogP contribution is -2.39. The van der Waals surface area contributed by atoms with Crippen LogP contribution >= 0.6 is 22.9 Å². The topological polar surface area (TPSA) is 75.9 Å². The molecule has 2 N–H and O–H groups in total. The van der Waals surface area contributed by atoms with Crippen LogP contribution in [0, 0.1) is 0 Å². The van der Waals surface area contributed by atoms with E-state index in [2.05, 4.69) is 10.3 Å². The molecule has 8 heteroatoms. The number of aliphatic hydroxyl groups is 1. The minimum absolute atomic E-state index is 0.185. The van der Waals surface area contributed by atoms with Gasteiger partial charge in [-0.3, -0.25) is 9.20 Å². The van der Waals surface area contributed by atoms with Gasteiger partial charge in [-0.1, -0.05) is 11.6 Å². The number of carbonyl (C=O) groups excluding carboxylic acids is 1. The van der Waals surface area contributed by atoms with Gasteiger partial charge in [0, 0.05) is 24.8 Å². The fourth-order valence-electron chi connectivity index (χ4n) is 1.67. The number of halogens is 1. The third-order valence-corrected chi connectivity index (χ3v) is 3.62. The van der Waals surface area contributed by atoms with E-state index >= 15 is 0 Å². The van der Waals surface area contributed by atoms with Crippen LogP contribution in [0.5, 0.6) is 0 Å². The maximum atomic E-state index is 11.7. The first-order valence-corrected chi connectivity index (χ1v) is 7.11. The molecule has 1 unspecified atom stereocenters. The Labute approximate surface area is 124 Å². The van der Waals surface area contributed by atoms with E-state index in [1.165, 1.54) is 24.5 Å². The molecule has 2 rings (SSSR count). The summed E-state index contributed by atoms with van der Waals surface area (Å²) < 4.78 is 6.68. The normalized spacial score (nSPS) is 13.2. The first kappa shape index (κ1) is 15.0. The second-order valence-electron chi connectivity index (χ2n) is 4.02. The molecule has 2 aromatic rings. The number of aromatic nitrogens is 2. The quantitative estimate of drug-likeness (QED) is 0.785. The number of fused-ring (bicyclic) bond motifs is 1. The standard InChI is InChI=1S/C12H14ClN3O3S/c1-19-7-8(6-17)14-10(18)3-2-9-11(13)15-12-16(9)4-5-20-12/h2-5,8,17H,6-7H2,1H3,(H,14,18)/b3-2+. The maximum absolute atomic E-state index is 11.7. The number of ether oxygens (including phenoxy) is 1. The number of thiazole rings is 1. The van der Waals surface area contributed by atoms with E-state index in [4.69, 9.17) is 21.4 Å². The molecular formula is C12H14ClN3O3S. The van der Waals surface area contributed by atoms with Crippen LogP contribution in [0.25, 0.3) is 11.0 Å². The predicted molar refractivity (Wildman–Crippen MR) is 78.0 cm³/mol. The fraction of sp³-hybridized carbons (Fsp3) is 0.333. The van der Waals surface area contributed by atoms with Gasteiger partial charge >= 0.3 is 0 Å². The number of hydrogen-bond donors (Lipinski definition) is 2. The number of methoxy groups -OCH3 is 1. The second kappa shape index (κ2) is 6.85. The summed E-state index contributed by atoms with van der Waals surface area (Å²) in [4.78, 5) is 16.7. The van der Waals surface area contributed by atoms with Crippen LogP contribution in [0.2, 0.25) is 5.15 Å². The number of imidazole rings is 1. The van der Waals surface area contributed by atoms with Gasteiger partial charge in [0.15, 0.2) is 10.1 Å². The van der Waals surface area contributed by atoms with Crippen molar-refractivity contribution in [2.45, 2.75) is 6.04 Å². The first-order chi connectivity index (χ1) is 9.65. The van der Waals surface area contributed by atoms with Gasteiger partial charge in [0.05, 0.1) is 24.9 Å². The molecule has 0 spiro atoms. The molecule has 0 aliphatic rings. The zero-order valence-corrected chi connectivity index (χ0v) is 12.3. The van der Waals surface area contributed by atoms with E-state index in [1.54, 1.807) is 10.5 Å². The molecule has 0 aromatic carbocycles. The second-order valence-corrected chi connectivity index (χ2v) is 5.25. The lowest BCUT2D eigenvalue weighted by molar-refractivity contribution is -0.117. The van der Waals surface area contributed by atoms with Crippen molar-refractivity contribution < 1.29 is 14.6 Å². The highest BCUT2D eigenvalue weighted by Crippen LogP contribution is 2.22. The number of rotatable bonds is 6. The van der Waals surface area contributed by atoms with Crippen molar-refractivity contribution in [3.8, 4) is 0 Å². The Morgan fingerprint density at radius 1 is 1.75 bits per heavy atom. The van der Waals surface area contributed by atoms with E-state index in [9.17, 15) is 4.79 Å². The molecule has 0 aliphatic heterocycles. The highest BCUT2D eigenvalue weighted by Gasteiger charge is 2.11. The van der Waals surface area contributed by atoms with Gasteiger partial charge in [0.2, 0.25) is 5.91 Å². The van der Waals surface area contributed by atoms with Crippen molar-refractivity contribution in [2.24, 2.45) is 0 Å². The van der Waals surface area contributed by atoms with E-state index < -0.39 is 6.04 Å². The molecule has 108 valence electrons. The van der Waals surface area contributed by atoms with Gasteiger partial charge in [0.1, 0.15) is 0 Å². The number of carbonyl (C=O) groups is 1.